The van der Waals surface area contributed by atoms with Crippen molar-refractivity contribution >= 4 is 46.0 Å². The van der Waals surface area contributed by atoms with Gasteiger partial charge in [0.15, 0.2) is 11.0 Å². The minimum absolute atomic E-state index is 0.00420. The lowest BCUT2D eigenvalue weighted by Crippen LogP contribution is -2.28. The molecule has 0 aliphatic heterocycles. The summed E-state index contributed by atoms with van der Waals surface area (Å²) in [5, 5.41) is 17.2. The second-order valence-electron chi connectivity index (χ2n) is 5.98. The van der Waals surface area contributed by atoms with Crippen molar-refractivity contribution in [2.24, 2.45) is 0 Å². The van der Waals surface area contributed by atoms with Crippen LogP contribution in [-0.2, 0) is 11.3 Å². The van der Waals surface area contributed by atoms with Crippen LogP contribution in [0.15, 0.2) is 38.7 Å². The molecule has 0 saturated carbocycles. The highest BCUT2D eigenvalue weighted by Crippen LogP contribution is 2.21. The number of aliphatic hydroxyl groups is 1. The predicted octanol–water partition coefficient (Wildman–Crippen LogP) is 2.46. The summed E-state index contributed by atoms with van der Waals surface area (Å²) in [6.45, 7) is 3.36. The number of hydrogen-bond acceptors (Lipinski definition) is 7. The van der Waals surface area contributed by atoms with Crippen LogP contribution in [0, 0.1) is 6.92 Å². The molecule has 142 valence electrons. The second-order valence-corrected chi connectivity index (χ2v) is 7.36. The molecule has 10 heteroatoms. The summed E-state index contributed by atoms with van der Waals surface area (Å²) in [4.78, 5) is 29.3. The first-order valence-corrected chi connectivity index (χ1v) is 9.44. The van der Waals surface area contributed by atoms with Gasteiger partial charge in [-0.2, -0.15) is 0 Å². The number of hydrogen-bond donors (Lipinski definition) is 2. The maximum Gasteiger partial charge on any atom is 0.262 e. The number of rotatable bonds is 6. The van der Waals surface area contributed by atoms with E-state index in [0.29, 0.717) is 32.7 Å². The van der Waals surface area contributed by atoms with Crippen LogP contribution in [0.25, 0.3) is 10.9 Å². The average Bonchev–Trinajstić information content (AvgIpc) is 3.00. The van der Waals surface area contributed by atoms with E-state index in [1.807, 2.05) is 0 Å². The lowest BCUT2D eigenvalue weighted by atomic mass is 10.2. The van der Waals surface area contributed by atoms with Crippen molar-refractivity contribution in [2.45, 2.75) is 31.7 Å². The molecule has 0 bridgehead atoms. The summed E-state index contributed by atoms with van der Waals surface area (Å²) < 4.78 is 6.26. The average molecular weight is 409 g/mol. The van der Waals surface area contributed by atoms with Gasteiger partial charge < -0.3 is 14.9 Å². The molecule has 0 saturated heterocycles. The number of nitrogens with one attached hydrogen (secondary N) is 1. The summed E-state index contributed by atoms with van der Waals surface area (Å²) in [7, 11) is 0. The highest BCUT2D eigenvalue weighted by molar-refractivity contribution is 7.99. The van der Waals surface area contributed by atoms with Gasteiger partial charge in [-0.15, -0.1) is 0 Å². The maximum atomic E-state index is 12.8. The Labute approximate surface area is 163 Å². The number of carbonyl (C=O) groups is 1. The molecule has 3 aromatic rings. The molecule has 2 heterocycles. The number of amides is 1. The zero-order valence-electron chi connectivity index (χ0n) is 14.6. The van der Waals surface area contributed by atoms with Gasteiger partial charge in [0.05, 0.1) is 29.3 Å². The van der Waals surface area contributed by atoms with Gasteiger partial charge in [0.25, 0.3) is 5.56 Å². The lowest BCUT2D eigenvalue weighted by Gasteiger charge is -2.14. The molecule has 0 fully saturated rings. The van der Waals surface area contributed by atoms with Crippen LogP contribution in [0.5, 0.6) is 0 Å². The number of fused-ring (bicyclic) bond motifs is 1. The first-order valence-electron chi connectivity index (χ1n) is 8.07. The molecule has 0 aliphatic carbocycles. The number of carbonyl (C=O) groups excluding carboxylic acids is 1. The fourth-order valence-electron chi connectivity index (χ4n) is 2.44. The van der Waals surface area contributed by atoms with Crippen LogP contribution in [-0.4, -0.2) is 37.6 Å². The van der Waals surface area contributed by atoms with Crippen LogP contribution < -0.4 is 10.9 Å². The molecule has 1 aromatic carbocycles. The van der Waals surface area contributed by atoms with Crippen molar-refractivity contribution in [3.63, 3.8) is 0 Å². The van der Waals surface area contributed by atoms with Crippen LogP contribution in [0.4, 0.5) is 5.82 Å². The van der Waals surface area contributed by atoms with Gasteiger partial charge in [-0.25, -0.2) is 4.98 Å². The molecule has 27 heavy (non-hydrogen) atoms. The molecule has 2 aromatic heterocycles. The van der Waals surface area contributed by atoms with E-state index in [9.17, 15) is 14.7 Å². The Morgan fingerprint density at radius 3 is 2.89 bits per heavy atom. The summed E-state index contributed by atoms with van der Waals surface area (Å²) in [6.07, 6.45) is -0.750. The fourth-order valence-corrected chi connectivity index (χ4v) is 3.42. The van der Waals surface area contributed by atoms with Crippen molar-refractivity contribution in [2.75, 3.05) is 11.1 Å². The molecule has 3 rings (SSSR count). The molecule has 0 spiro atoms. The summed E-state index contributed by atoms with van der Waals surface area (Å²) in [6, 6.07) is 6.40. The predicted molar refractivity (Wildman–Crippen MR) is 103 cm³/mol. The van der Waals surface area contributed by atoms with Crippen LogP contribution in [0.1, 0.15) is 12.7 Å². The minimum atomic E-state index is -0.750. The first-order chi connectivity index (χ1) is 12.8. The van der Waals surface area contributed by atoms with Gasteiger partial charge >= 0.3 is 0 Å². The van der Waals surface area contributed by atoms with E-state index in [1.54, 1.807) is 38.1 Å². The molecule has 2 N–H and O–H groups in total. The zero-order chi connectivity index (χ0) is 19.6. The van der Waals surface area contributed by atoms with E-state index in [-0.39, 0.29) is 23.8 Å². The van der Waals surface area contributed by atoms with Crippen molar-refractivity contribution in [1.29, 1.82) is 0 Å². The normalized spacial score (nSPS) is 12.3. The van der Waals surface area contributed by atoms with E-state index in [2.05, 4.69) is 15.5 Å². The Kier molecular flexibility index (Phi) is 5.83. The van der Waals surface area contributed by atoms with Crippen molar-refractivity contribution in [1.82, 2.24) is 14.7 Å². The Bertz CT molecular complexity index is 1050. The van der Waals surface area contributed by atoms with Crippen molar-refractivity contribution < 1.29 is 14.4 Å². The summed E-state index contributed by atoms with van der Waals surface area (Å²) >= 11 is 7.08. The maximum absolute atomic E-state index is 12.8. The lowest BCUT2D eigenvalue weighted by molar-refractivity contribution is -0.113. The monoisotopic (exact) mass is 408 g/mol. The van der Waals surface area contributed by atoms with Crippen LogP contribution in [0.2, 0.25) is 5.02 Å². The van der Waals surface area contributed by atoms with Gasteiger partial charge in [0, 0.05) is 11.1 Å². The third-order valence-corrected chi connectivity index (χ3v) is 4.77. The third kappa shape index (κ3) is 4.68. The van der Waals surface area contributed by atoms with Crippen molar-refractivity contribution in [3.8, 4) is 0 Å². The first kappa shape index (κ1) is 19.4. The quantitative estimate of drug-likeness (QED) is 0.476. The summed E-state index contributed by atoms with van der Waals surface area (Å²) in [5.74, 6) is 0.580. The van der Waals surface area contributed by atoms with Crippen LogP contribution >= 0.6 is 23.4 Å². The Morgan fingerprint density at radius 1 is 1.44 bits per heavy atom. The SMILES string of the molecule is Cc1cc(NC(=O)CSc2nc3cc(Cl)ccc3c(=O)n2C[C@@H](C)O)no1. The van der Waals surface area contributed by atoms with Gasteiger partial charge in [-0.1, -0.05) is 28.5 Å². The zero-order valence-corrected chi connectivity index (χ0v) is 16.2. The Morgan fingerprint density at radius 2 is 2.22 bits per heavy atom. The topological polar surface area (TPSA) is 110 Å². The highest BCUT2D eigenvalue weighted by atomic mass is 35.5. The smallest absolute Gasteiger partial charge is 0.262 e. The highest BCUT2D eigenvalue weighted by Gasteiger charge is 2.15. The Hall–Kier alpha value is -2.36. The van der Waals surface area contributed by atoms with E-state index < -0.39 is 6.10 Å². The van der Waals surface area contributed by atoms with Crippen molar-refractivity contribution in [3.05, 3.63) is 45.4 Å². The van der Waals surface area contributed by atoms with Gasteiger partial charge in [0.1, 0.15) is 5.76 Å². The van der Waals surface area contributed by atoms with Gasteiger partial charge in [-0.3, -0.25) is 14.2 Å². The fraction of sp³-hybridized carbons (Fsp3) is 0.294. The standard InChI is InChI=1S/C17H17ClN4O4S/c1-9(23)7-22-16(25)12-4-3-11(18)6-13(12)19-17(22)27-8-15(24)20-14-5-10(2)26-21-14/h3-6,9,23H,7-8H2,1-2H3,(H,20,21,24)/t9-/m1/s1. The molecule has 1 amide bonds. The van der Waals surface area contributed by atoms with Gasteiger partial charge in [-0.05, 0) is 32.0 Å². The molecule has 0 unspecified atom stereocenters. The van der Waals surface area contributed by atoms with E-state index in [1.165, 1.54) is 4.57 Å². The van der Waals surface area contributed by atoms with E-state index in [0.717, 1.165) is 11.8 Å². The van der Waals surface area contributed by atoms with Crippen LogP contribution in [0.3, 0.4) is 0 Å². The third-order valence-electron chi connectivity index (χ3n) is 3.56. The number of aryl methyl sites for hydroxylation is 1. The summed E-state index contributed by atoms with van der Waals surface area (Å²) in [5.41, 5.74) is 0.136. The molecule has 0 aliphatic rings. The van der Waals surface area contributed by atoms with Gasteiger partial charge in [0.2, 0.25) is 5.91 Å². The molecule has 0 radical (unpaired) electrons. The molecule has 8 nitrogen and oxygen atoms in total. The number of thioether (sulfide) groups is 1. The number of nitrogens with zero attached hydrogens (tertiary/aromatic N) is 3. The van der Waals surface area contributed by atoms with E-state index in [4.69, 9.17) is 16.1 Å². The molecule has 1 atom stereocenters. The second kappa shape index (κ2) is 8.12. The largest absolute Gasteiger partial charge is 0.392 e. The number of aliphatic hydroxyl groups excluding tert-OH is 1. The minimum Gasteiger partial charge on any atom is -0.392 e. The number of benzene rings is 1. The van der Waals surface area contributed by atoms with E-state index >= 15 is 0 Å². The number of anilines is 1. The number of halogens is 1. The molecular formula is C17H17ClN4O4S. The Balaban J connectivity index is 1.87. The molecular weight excluding hydrogens is 392 g/mol. The number of aromatic nitrogens is 3.